The first kappa shape index (κ1) is 17.6. The normalized spacial score (nSPS) is 20.1. The van der Waals surface area contributed by atoms with Gasteiger partial charge >= 0.3 is 0 Å². The zero-order valence-corrected chi connectivity index (χ0v) is 15.0. The molecule has 0 aliphatic carbocycles. The average Bonchev–Trinajstić information content (AvgIpc) is 2.94. The molecule has 1 saturated heterocycles. The van der Waals surface area contributed by atoms with Crippen LogP contribution in [0.15, 0.2) is 54.6 Å². The maximum absolute atomic E-state index is 12.9. The number of rotatable bonds is 5. The second kappa shape index (κ2) is 7.37. The monoisotopic (exact) mass is 359 g/mol. The Kier molecular flexibility index (Phi) is 5.20. The van der Waals surface area contributed by atoms with E-state index in [-0.39, 0.29) is 23.5 Å². The summed E-state index contributed by atoms with van der Waals surface area (Å²) in [4.78, 5) is 12.9. The number of quaternary nitrogens is 1. The maximum Gasteiger partial charge on any atom is 0.287 e. The van der Waals surface area contributed by atoms with E-state index in [1.165, 1.54) is 0 Å². The fourth-order valence-electron chi connectivity index (χ4n) is 3.11. The highest BCUT2D eigenvalue weighted by Gasteiger charge is 2.35. The van der Waals surface area contributed by atoms with Crippen molar-refractivity contribution in [3.8, 4) is 0 Å². The summed E-state index contributed by atoms with van der Waals surface area (Å²) in [6, 6.07) is 16.6. The Morgan fingerprint density at radius 2 is 1.80 bits per heavy atom. The zero-order valence-electron chi connectivity index (χ0n) is 14.2. The molecule has 25 heavy (non-hydrogen) atoms. The average molecular weight is 359 g/mol. The summed E-state index contributed by atoms with van der Waals surface area (Å²) in [7, 11) is -2.98. The van der Waals surface area contributed by atoms with Crippen molar-refractivity contribution in [3.05, 3.63) is 65.7 Å². The van der Waals surface area contributed by atoms with Crippen LogP contribution < -0.4 is 10.6 Å². The molecule has 3 rings (SSSR count). The van der Waals surface area contributed by atoms with E-state index < -0.39 is 15.9 Å². The van der Waals surface area contributed by atoms with Gasteiger partial charge < -0.3 is 10.6 Å². The molecule has 0 unspecified atom stereocenters. The van der Waals surface area contributed by atoms with Gasteiger partial charge in [0.25, 0.3) is 5.91 Å². The molecule has 0 radical (unpaired) electrons. The van der Waals surface area contributed by atoms with Crippen LogP contribution in [0.1, 0.15) is 23.6 Å². The summed E-state index contributed by atoms with van der Waals surface area (Å²) in [5, 5.41) is 4.84. The minimum Gasteiger partial charge on any atom is -0.329 e. The summed E-state index contributed by atoms with van der Waals surface area (Å²) in [5.41, 5.74) is 2.74. The summed E-state index contributed by atoms with van der Waals surface area (Å²) in [6.45, 7) is 1.99. The van der Waals surface area contributed by atoms with E-state index in [2.05, 4.69) is 5.32 Å². The van der Waals surface area contributed by atoms with Gasteiger partial charge in [0.2, 0.25) is 0 Å². The Morgan fingerprint density at radius 3 is 2.40 bits per heavy atom. The smallest absolute Gasteiger partial charge is 0.287 e. The Bertz CT molecular complexity index is 833. The Morgan fingerprint density at radius 1 is 1.12 bits per heavy atom. The first-order valence-electron chi connectivity index (χ1n) is 8.41. The molecule has 2 aromatic rings. The van der Waals surface area contributed by atoms with Crippen LogP contribution in [0.25, 0.3) is 0 Å². The standard InChI is InChI=1S/C19H22N2O3S/c1-14-7-9-16(10-8-14)21-19(22)18(15-5-3-2-4-6-15)20-17-11-12-25(23,24)13-17/h2-10,17-18,20H,11-13H2,1H3,(H,21,22)/p+1/t17-,18+/m1/s1. The number of carbonyl (C=O) groups is 1. The van der Waals surface area contributed by atoms with E-state index in [4.69, 9.17) is 0 Å². The van der Waals surface area contributed by atoms with Crippen molar-refractivity contribution in [1.82, 2.24) is 0 Å². The largest absolute Gasteiger partial charge is 0.329 e. The number of aryl methyl sites for hydroxylation is 1. The number of nitrogens with two attached hydrogens (primary N) is 1. The van der Waals surface area contributed by atoms with Crippen LogP contribution in [0, 0.1) is 6.92 Å². The number of benzene rings is 2. The number of sulfone groups is 1. The first-order valence-corrected chi connectivity index (χ1v) is 10.2. The lowest BCUT2D eigenvalue weighted by Crippen LogP contribution is -2.93. The van der Waals surface area contributed by atoms with Gasteiger partial charge in [-0.3, -0.25) is 4.79 Å². The molecule has 0 bridgehead atoms. The number of hydrogen-bond acceptors (Lipinski definition) is 3. The molecule has 2 aromatic carbocycles. The molecule has 3 N–H and O–H groups in total. The predicted molar refractivity (Wildman–Crippen MR) is 98.0 cm³/mol. The molecule has 1 heterocycles. The van der Waals surface area contributed by atoms with Crippen LogP contribution in [0.3, 0.4) is 0 Å². The topological polar surface area (TPSA) is 79.8 Å². The Labute approximate surface area is 148 Å². The van der Waals surface area contributed by atoms with Crippen molar-refractivity contribution in [2.45, 2.75) is 25.4 Å². The van der Waals surface area contributed by atoms with Gasteiger partial charge in [0, 0.05) is 17.7 Å². The molecule has 0 spiro atoms. The second-order valence-corrected chi connectivity index (χ2v) is 8.83. The van der Waals surface area contributed by atoms with E-state index >= 15 is 0 Å². The minimum atomic E-state index is -2.98. The third-order valence-electron chi connectivity index (χ3n) is 4.49. The zero-order chi connectivity index (χ0) is 17.9. The van der Waals surface area contributed by atoms with E-state index in [1.807, 2.05) is 66.8 Å². The minimum absolute atomic E-state index is 0.0843. The van der Waals surface area contributed by atoms with Crippen molar-refractivity contribution < 1.29 is 18.5 Å². The van der Waals surface area contributed by atoms with Crippen LogP contribution >= 0.6 is 0 Å². The third kappa shape index (κ3) is 4.67. The van der Waals surface area contributed by atoms with Crippen molar-refractivity contribution >= 4 is 21.4 Å². The highest BCUT2D eigenvalue weighted by atomic mass is 32.2. The number of amides is 1. The number of anilines is 1. The molecular formula is C19H23N2O3S+. The lowest BCUT2D eigenvalue weighted by atomic mass is 10.0. The third-order valence-corrected chi connectivity index (χ3v) is 6.29. The van der Waals surface area contributed by atoms with E-state index in [9.17, 15) is 13.2 Å². The molecule has 2 atom stereocenters. The van der Waals surface area contributed by atoms with Gasteiger partial charge in [-0.05, 0) is 19.1 Å². The highest BCUT2D eigenvalue weighted by molar-refractivity contribution is 7.91. The van der Waals surface area contributed by atoms with Crippen molar-refractivity contribution in [3.63, 3.8) is 0 Å². The molecule has 5 nitrogen and oxygen atoms in total. The molecule has 132 valence electrons. The fraction of sp³-hybridized carbons (Fsp3) is 0.316. The predicted octanol–water partition coefficient (Wildman–Crippen LogP) is 1.43. The summed E-state index contributed by atoms with van der Waals surface area (Å²) in [6.07, 6.45) is 0.587. The second-order valence-electron chi connectivity index (χ2n) is 6.60. The van der Waals surface area contributed by atoms with Gasteiger partial charge in [-0.15, -0.1) is 0 Å². The van der Waals surface area contributed by atoms with Crippen LogP contribution in [0.2, 0.25) is 0 Å². The molecule has 0 aromatic heterocycles. The van der Waals surface area contributed by atoms with Crippen LogP contribution in [0.4, 0.5) is 5.69 Å². The SMILES string of the molecule is Cc1ccc(NC(=O)[C@@H]([NH2+][C@@H]2CCS(=O)(=O)C2)c2ccccc2)cc1. The highest BCUT2D eigenvalue weighted by Crippen LogP contribution is 2.16. The quantitative estimate of drug-likeness (QED) is 0.847. The first-order chi connectivity index (χ1) is 11.9. The van der Waals surface area contributed by atoms with Gasteiger partial charge in [0.05, 0.1) is 5.75 Å². The van der Waals surface area contributed by atoms with Crippen LogP contribution in [0.5, 0.6) is 0 Å². The molecule has 0 saturated carbocycles. The number of nitrogens with one attached hydrogen (secondary N) is 1. The van der Waals surface area contributed by atoms with Crippen molar-refractivity contribution in [2.75, 3.05) is 16.8 Å². The van der Waals surface area contributed by atoms with Gasteiger partial charge in [0.1, 0.15) is 11.8 Å². The lowest BCUT2D eigenvalue weighted by Gasteiger charge is -2.19. The maximum atomic E-state index is 12.9. The van der Waals surface area contributed by atoms with Crippen molar-refractivity contribution in [1.29, 1.82) is 0 Å². The number of carbonyl (C=O) groups excluding carboxylic acids is 1. The van der Waals surface area contributed by atoms with Crippen LogP contribution in [-0.2, 0) is 14.6 Å². The van der Waals surface area contributed by atoms with E-state index in [1.54, 1.807) is 0 Å². The molecule has 1 amide bonds. The molecule has 1 aliphatic rings. The van der Waals surface area contributed by atoms with Gasteiger partial charge in [-0.2, -0.15) is 0 Å². The molecule has 1 aliphatic heterocycles. The Hall–Kier alpha value is -2.18. The molecule has 6 heteroatoms. The van der Waals surface area contributed by atoms with E-state index in [0.717, 1.165) is 16.8 Å². The van der Waals surface area contributed by atoms with Crippen LogP contribution in [-0.4, -0.2) is 31.9 Å². The molecule has 1 fully saturated rings. The van der Waals surface area contributed by atoms with E-state index in [0.29, 0.717) is 6.42 Å². The van der Waals surface area contributed by atoms with Gasteiger partial charge in [0.15, 0.2) is 15.9 Å². The lowest BCUT2D eigenvalue weighted by molar-refractivity contribution is -0.710. The fourth-order valence-corrected chi connectivity index (χ4v) is 4.87. The number of hydrogen-bond donors (Lipinski definition) is 2. The summed E-state index contributed by atoms with van der Waals surface area (Å²) >= 11 is 0. The summed E-state index contributed by atoms with van der Waals surface area (Å²) in [5.74, 6) is 0.197. The van der Waals surface area contributed by atoms with Crippen molar-refractivity contribution in [2.24, 2.45) is 0 Å². The van der Waals surface area contributed by atoms with Gasteiger partial charge in [-0.25, -0.2) is 8.42 Å². The van der Waals surface area contributed by atoms with Gasteiger partial charge in [-0.1, -0.05) is 48.0 Å². The Balaban J connectivity index is 1.78. The molecular weight excluding hydrogens is 336 g/mol. The summed E-state index contributed by atoms with van der Waals surface area (Å²) < 4.78 is 23.5.